The Hall–Kier alpha value is -3.17. The summed E-state index contributed by atoms with van der Waals surface area (Å²) in [6.07, 6.45) is 0.811. The van der Waals surface area contributed by atoms with Crippen molar-refractivity contribution in [3.63, 3.8) is 0 Å². The molecule has 10 heteroatoms. The molecule has 170 valence electrons. The molecule has 0 radical (unpaired) electrons. The van der Waals surface area contributed by atoms with Crippen LogP contribution in [0.2, 0.25) is 0 Å². The van der Waals surface area contributed by atoms with Crippen LogP contribution in [0.15, 0.2) is 36.7 Å². The molecule has 3 heterocycles. The summed E-state index contributed by atoms with van der Waals surface area (Å²) >= 11 is 0. The first-order valence-corrected chi connectivity index (χ1v) is 9.96. The zero-order valence-corrected chi connectivity index (χ0v) is 17.2. The van der Waals surface area contributed by atoms with E-state index in [1.54, 1.807) is 37.1 Å². The molecule has 2 aromatic rings. The molecule has 1 aliphatic heterocycles. The highest BCUT2D eigenvalue weighted by Crippen LogP contribution is 2.24. The Morgan fingerprint density at radius 3 is 2.65 bits per heavy atom. The van der Waals surface area contributed by atoms with E-state index in [2.05, 4.69) is 20.3 Å². The summed E-state index contributed by atoms with van der Waals surface area (Å²) < 4.78 is 37.4. The highest BCUT2D eigenvalue weighted by Gasteiger charge is 2.31. The second kappa shape index (κ2) is 9.32. The van der Waals surface area contributed by atoms with Crippen molar-refractivity contribution >= 4 is 17.5 Å². The molecule has 2 aromatic heterocycles. The molecule has 31 heavy (non-hydrogen) atoms. The lowest BCUT2D eigenvalue weighted by atomic mass is 9.97. The third kappa shape index (κ3) is 5.93. The molecule has 0 fully saturated rings. The van der Waals surface area contributed by atoms with Crippen molar-refractivity contribution in [2.24, 2.45) is 5.92 Å². The number of hydrogen-bond donors (Lipinski definition) is 2. The van der Waals surface area contributed by atoms with Crippen molar-refractivity contribution in [1.29, 1.82) is 0 Å². The molecule has 3 rings (SSSR count). The number of aromatic amines is 1. The van der Waals surface area contributed by atoms with Crippen molar-refractivity contribution in [1.82, 2.24) is 19.9 Å². The van der Waals surface area contributed by atoms with Gasteiger partial charge in [-0.25, -0.2) is 9.97 Å². The third-order valence-corrected chi connectivity index (χ3v) is 4.90. The fourth-order valence-electron chi connectivity index (χ4n) is 3.24. The Kier molecular flexibility index (Phi) is 6.77. The van der Waals surface area contributed by atoms with Crippen molar-refractivity contribution in [3.8, 4) is 11.4 Å². The van der Waals surface area contributed by atoms with Gasteiger partial charge in [0.05, 0.1) is 12.5 Å². The van der Waals surface area contributed by atoms with E-state index in [1.165, 1.54) is 6.20 Å². The number of halogens is 3. The van der Waals surface area contributed by atoms with Crippen LogP contribution in [0, 0.1) is 5.92 Å². The minimum absolute atomic E-state index is 0. The fourth-order valence-corrected chi connectivity index (χ4v) is 3.24. The number of carbonyl (C=O) groups excluding carboxylic acids is 2. The highest BCUT2D eigenvalue weighted by molar-refractivity contribution is 5.94. The zero-order chi connectivity index (χ0) is 22.6. The maximum atomic E-state index is 12.5. The number of carbonyl (C=O) groups is 2. The maximum absolute atomic E-state index is 12.5. The smallest absolute Gasteiger partial charge is 0.360 e. The van der Waals surface area contributed by atoms with Gasteiger partial charge in [0, 0.05) is 40.3 Å². The van der Waals surface area contributed by atoms with Gasteiger partial charge in [-0.15, -0.1) is 0 Å². The Bertz CT molecular complexity index is 971. The number of nitrogens with one attached hydrogen (secondary N) is 2. The molecule has 1 atom stereocenters. The van der Waals surface area contributed by atoms with Crippen LogP contribution in [0.1, 0.15) is 40.0 Å². The predicted molar refractivity (Wildman–Crippen MR) is 114 cm³/mol. The number of alkyl halides is 3. The monoisotopic (exact) mass is 439 g/mol. The second-order valence-electron chi connectivity index (χ2n) is 7.70. The number of ketones is 1. The predicted octanol–water partition coefficient (Wildman–Crippen LogP) is 4.32. The van der Waals surface area contributed by atoms with E-state index < -0.39 is 30.8 Å². The van der Waals surface area contributed by atoms with Crippen LogP contribution in [0.4, 0.5) is 19.0 Å². The Labute approximate surface area is 180 Å². The van der Waals surface area contributed by atoms with Gasteiger partial charge in [0.25, 0.3) is 5.91 Å². The van der Waals surface area contributed by atoms with E-state index in [1.807, 2.05) is 12.2 Å². The highest BCUT2D eigenvalue weighted by atomic mass is 19.4. The van der Waals surface area contributed by atoms with E-state index in [-0.39, 0.29) is 14.7 Å². The number of Topliss-reactive ketones (excluding diaryl/α,β-unsaturated/α-hetero) is 1. The molecular formula is C21H28F3N5O2. The molecule has 0 saturated carbocycles. The first-order valence-electron chi connectivity index (χ1n) is 9.96. The van der Waals surface area contributed by atoms with Crippen LogP contribution >= 0.6 is 0 Å². The van der Waals surface area contributed by atoms with Gasteiger partial charge in [-0.1, -0.05) is 26.0 Å². The molecule has 1 amide bonds. The summed E-state index contributed by atoms with van der Waals surface area (Å²) in [6.45, 7) is 4.62. The molecule has 0 aliphatic carbocycles. The quantitative estimate of drug-likeness (QED) is 0.598. The van der Waals surface area contributed by atoms with Crippen molar-refractivity contribution in [3.05, 3.63) is 42.4 Å². The minimum atomic E-state index is -4.38. The minimum Gasteiger partial charge on any atom is -0.360 e. The largest absolute Gasteiger partial charge is 0.389 e. The van der Waals surface area contributed by atoms with E-state index in [4.69, 9.17) is 0 Å². The summed E-state index contributed by atoms with van der Waals surface area (Å²) in [4.78, 5) is 38.0. The van der Waals surface area contributed by atoms with Crippen LogP contribution in [-0.2, 0) is 4.79 Å². The first kappa shape index (κ1) is 22.5. The van der Waals surface area contributed by atoms with Crippen LogP contribution < -0.4 is 5.32 Å². The second-order valence-corrected chi connectivity index (χ2v) is 7.70. The van der Waals surface area contributed by atoms with Gasteiger partial charge in [0.15, 0.2) is 11.6 Å². The summed E-state index contributed by atoms with van der Waals surface area (Å²) in [5.74, 6) is -0.251. The summed E-state index contributed by atoms with van der Waals surface area (Å²) in [6, 6.07) is 2.38. The number of amides is 1. The number of rotatable bonds is 8. The molecule has 0 bridgehead atoms. The van der Waals surface area contributed by atoms with Gasteiger partial charge in [-0.3, -0.25) is 9.59 Å². The van der Waals surface area contributed by atoms with Crippen LogP contribution in [0.25, 0.3) is 11.4 Å². The van der Waals surface area contributed by atoms with Crippen molar-refractivity contribution in [2.45, 2.75) is 38.9 Å². The van der Waals surface area contributed by atoms with E-state index in [0.29, 0.717) is 36.0 Å². The number of aromatic nitrogens is 3. The fraction of sp³-hybridized carbons (Fsp3) is 0.429. The summed E-state index contributed by atoms with van der Waals surface area (Å²) in [7, 11) is 0. The molecular weight excluding hydrogens is 411 g/mol. The van der Waals surface area contributed by atoms with Gasteiger partial charge in [0.2, 0.25) is 0 Å². The Balaban J connectivity index is 0.00000272. The number of nitrogens with zero attached hydrogens (tertiary/aromatic N) is 3. The third-order valence-electron chi connectivity index (χ3n) is 4.90. The Morgan fingerprint density at radius 1 is 1.29 bits per heavy atom. The standard InChI is InChI=1S/C21H24F3N5O2.2H2/c1-13(2)18(16(30)5-7-21(22,23)24)27-17-6-8-25-19(28-17)14-11-15(26-12-14)20(31)29-9-3-4-10-29;;/h3-4,6,8,11-13,18,26H,5,7,9-10H2,1-2H3,(H,25,27,28);2*1H/t18-;;/m1../s1. The molecule has 2 N–H and O–H groups in total. The van der Waals surface area contributed by atoms with Gasteiger partial charge in [-0.05, 0) is 18.1 Å². The Morgan fingerprint density at radius 2 is 2.00 bits per heavy atom. The molecule has 0 saturated heterocycles. The van der Waals surface area contributed by atoms with E-state index in [9.17, 15) is 22.8 Å². The average molecular weight is 439 g/mol. The molecule has 0 spiro atoms. The molecule has 7 nitrogen and oxygen atoms in total. The summed E-state index contributed by atoms with van der Waals surface area (Å²) in [5, 5.41) is 2.94. The van der Waals surface area contributed by atoms with Gasteiger partial charge >= 0.3 is 6.18 Å². The lowest BCUT2D eigenvalue weighted by Crippen LogP contribution is -2.35. The first-order chi connectivity index (χ1) is 14.6. The van der Waals surface area contributed by atoms with E-state index in [0.717, 1.165) is 0 Å². The van der Waals surface area contributed by atoms with Gasteiger partial charge in [-0.2, -0.15) is 13.2 Å². The lowest BCUT2D eigenvalue weighted by Gasteiger charge is -2.22. The topological polar surface area (TPSA) is 91.0 Å². The zero-order valence-electron chi connectivity index (χ0n) is 17.2. The van der Waals surface area contributed by atoms with Gasteiger partial charge < -0.3 is 15.2 Å². The number of hydrogen-bond acceptors (Lipinski definition) is 5. The number of H-pyrrole nitrogens is 1. The van der Waals surface area contributed by atoms with Gasteiger partial charge in [0.1, 0.15) is 11.5 Å². The lowest BCUT2D eigenvalue weighted by molar-refractivity contribution is -0.143. The van der Waals surface area contributed by atoms with Crippen molar-refractivity contribution in [2.75, 3.05) is 18.4 Å². The van der Waals surface area contributed by atoms with Crippen LogP contribution in [0.5, 0.6) is 0 Å². The molecule has 0 aromatic carbocycles. The molecule has 0 unspecified atom stereocenters. The molecule has 1 aliphatic rings. The summed E-state index contributed by atoms with van der Waals surface area (Å²) in [5.41, 5.74) is 0.992. The average Bonchev–Trinajstić information content (AvgIpc) is 3.41. The normalized spacial score (nSPS) is 14.8. The SMILES string of the molecule is CC(C)[C@@H](Nc1ccnc(-c2c[nH]c(C(=O)N3CC=CC3)c2)n1)C(=O)CCC(F)(F)F.[HH].[HH]. The number of anilines is 1. The van der Waals surface area contributed by atoms with Crippen molar-refractivity contribution < 1.29 is 25.6 Å². The van der Waals surface area contributed by atoms with E-state index >= 15 is 0 Å². The van der Waals surface area contributed by atoms with Crippen LogP contribution in [-0.4, -0.2) is 56.8 Å². The maximum Gasteiger partial charge on any atom is 0.389 e. The van der Waals surface area contributed by atoms with Crippen LogP contribution in [0.3, 0.4) is 0 Å².